The molecule has 0 aliphatic carbocycles. The van der Waals surface area contributed by atoms with Crippen LogP contribution in [0.15, 0.2) is 35.2 Å². The molecule has 0 radical (unpaired) electrons. The summed E-state index contributed by atoms with van der Waals surface area (Å²) < 4.78 is 5.26. The third-order valence-corrected chi connectivity index (χ3v) is 6.11. The topological polar surface area (TPSA) is 88.3 Å². The number of carbonyl (C=O) groups excluding carboxylic acids is 1. The van der Waals surface area contributed by atoms with Crippen molar-refractivity contribution in [2.75, 3.05) is 25.5 Å². The zero-order chi connectivity index (χ0) is 22.7. The lowest BCUT2D eigenvalue weighted by Crippen LogP contribution is -2.39. The van der Waals surface area contributed by atoms with Crippen LogP contribution in [0.3, 0.4) is 0 Å². The Labute approximate surface area is 188 Å². The molecular weight excluding hydrogens is 404 g/mol. The first-order chi connectivity index (χ1) is 15.5. The summed E-state index contributed by atoms with van der Waals surface area (Å²) in [5.74, 6) is 1.57. The fraction of sp³-hybridized carbons (Fsp3) is 0.458. The van der Waals surface area contributed by atoms with Gasteiger partial charge >= 0.3 is 0 Å². The molecule has 1 atom stereocenters. The molecule has 1 unspecified atom stereocenters. The van der Waals surface area contributed by atoms with E-state index in [0.29, 0.717) is 18.8 Å². The van der Waals surface area contributed by atoms with E-state index in [1.54, 1.807) is 12.4 Å². The summed E-state index contributed by atoms with van der Waals surface area (Å²) in [6.07, 6.45) is 9.42. The molecule has 8 heteroatoms. The summed E-state index contributed by atoms with van der Waals surface area (Å²) in [6.45, 7) is 4.56. The maximum atomic E-state index is 13.4. The first kappa shape index (κ1) is 21.9. The van der Waals surface area contributed by atoms with Crippen LogP contribution in [0.1, 0.15) is 54.4 Å². The number of hydrogen-bond donors (Lipinski definition) is 0. The number of aryl methyl sites for hydroxylation is 2. The normalized spacial score (nSPS) is 16.2. The van der Waals surface area contributed by atoms with Gasteiger partial charge in [0.05, 0.1) is 17.4 Å². The molecule has 3 aromatic heterocycles. The number of pyridine rings is 1. The van der Waals surface area contributed by atoms with Gasteiger partial charge in [0.25, 0.3) is 0 Å². The number of rotatable bonds is 6. The van der Waals surface area contributed by atoms with E-state index in [9.17, 15) is 4.79 Å². The number of carbonyl (C=O) groups is 1. The molecule has 168 valence electrons. The van der Waals surface area contributed by atoms with Crippen molar-refractivity contribution in [1.29, 1.82) is 0 Å². The van der Waals surface area contributed by atoms with Crippen molar-refractivity contribution in [2.24, 2.45) is 0 Å². The van der Waals surface area contributed by atoms with Crippen LogP contribution in [0.25, 0.3) is 11.1 Å². The van der Waals surface area contributed by atoms with Crippen LogP contribution in [0.2, 0.25) is 0 Å². The van der Waals surface area contributed by atoms with Gasteiger partial charge in [-0.25, -0.2) is 9.97 Å². The average Bonchev–Trinajstić information content (AvgIpc) is 3.14. The van der Waals surface area contributed by atoms with E-state index < -0.39 is 0 Å². The lowest BCUT2D eigenvalue weighted by molar-refractivity contribution is -0.135. The lowest BCUT2D eigenvalue weighted by Gasteiger charge is -2.36. The van der Waals surface area contributed by atoms with Gasteiger partial charge in [-0.3, -0.25) is 9.78 Å². The van der Waals surface area contributed by atoms with Gasteiger partial charge in [0, 0.05) is 56.8 Å². The minimum Gasteiger partial charge on any atom is -0.361 e. The van der Waals surface area contributed by atoms with E-state index in [4.69, 9.17) is 9.51 Å². The van der Waals surface area contributed by atoms with Crippen LogP contribution >= 0.6 is 0 Å². The highest BCUT2D eigenvalue weighted by atomic mass is 16.5. The Morgan fingerprint density at radius 1 is 1.22 bits per heavy atom. The van der Waals surface area contributed by atoms with Crippen LogP contribution in [0, 0.1) is 13.8 Å². The van der Waals surface area contributed by atoms with Gasteiger partial charge in [0.15, 0.2) is 0 Å². The Balaban J connectivity index is 1.65. The molecule has 4 heterocycles. The van der Waals surface area contributed by atoms with Gasteiger partial charge in [-0.2, -0.15) is 0 Å². The van der Waals surface area contributed by atoms with Crippen LogP contribution < -0.4 is 4.90 Å². The number of anilines is 1. The zero-order valence-corrected chi connectivity index (χ0v) is 19.2. The van der Waals surface area contributed by atoms with Crippen molar-refractivity contribution in [3.05, 3.63) is 53.4 Å². The highest BCUT2D eigenvalue weighted by Gasteiger charge is 2.31. The molecule has 0 bridgehead atoms. The third-order valence-electron chi connectivity index (χ3n) is 6.11. The number of nitrogens with zero attached hydrogens (tertiary/aromatic N) is 6. The lowest BCUT2D eigenvalue weighted by atomic mass is 9.93. The molecule has 4 rings (SSSR count). The molecule has 0 aromatic carbocycles. The molecule has 0 saturated carbocycles. The maximum absolute atomic E-state index is 13.4. The number of likely N-dealkylation sites (tertiary alicyclic amines) is 1. The smallest absolute Gasteiger partial charge is 0.225 e. The Morgan fingerprint density at radius 2 is 2.00 bits per heavy atom. The van der Waals surface area contributed by atoms with E-state index in [1.165, 1.54) is 0 Å². The SMILES string of the molecule is Cc1noc(C)c1CCC(=O)N1CCCCC1c1nc(N(C)C)ncc1-c1ccncc1. The van der Waals surface area contributed by atoms with E-state index in [1.807, 2.05) is 56.1 Å². The van der Waals surface area contributed by atoms with Gasteiger partial charge < -0.3 is 14.3 Å². The van der Waals surface area contributed by atoms with Crippen molar-refractivity contribution in [3.63, 3.8) is 0 Å². The summed E-state index contributed by atoms with van der Waals surface area (Å²) >= 11 is 0. The quantitative estimate of drug-likeness (QED) is 0.581. The van der Waals surface area contributed by atoms with Gasteiger partial charge in [-0.15, -0.1) is 0 Å². The van der Waals surface area contributed by atoms with E-state index in [2.05, 4.69) is 15.1 Å². The summed E-state index contributed by atoms with van der Waals surface area (Å²) in [5, 5.41) is 4.01. The second-order valence-electron chi connectivity index (χ2n) is 8.50. The number of piperidine rings is 1. The molecule has 32 heavy (non-hydrogen) atoms. The summed E-state index contributed by atoms with van der Waals surface area (Å²) in [5.41, 5.74) is 4.75. The minimum absolute atomic E-state index is 0.0780. The van der Waals surface area contributed by atoms with Gasteiger partial charge in [0.2, 0.25) is 11.9 Å². The van der Waals surface area contributed by atoms with E-state index >= 15 is 0 Å². The Bertz CT molecular complexity index is 1060. The fourth-order valence-electron chi connectivity index (χ4n) is 4.36. The van der Waals surface area contributed by atoms with Crippen molar-refractivity contribution in [2.45, 2.75) is 52.0 Å². The molecule has 1 amide bonds. The second kappa shape index (κ2) is 9.46. The maximum Gasteiger partial charge on any atom is 0.225 e. The van der Waals surface area contributed by atoms with Crippen LogP contribution in [-0.4, -0.2) is 51.6 Å². The van der Waals surface area contributed by atoms with Crippen LogP contribution in [0.4, 0.5) is 5.95 Å². The van der Waals surface area contributed by atoms with E-state index in [-0.39, 0.29) is 11.9 Å². The second-order valence-corrected chi connectivity index (χ2v) is 8.50. The molecule has 0 N–H and O–H groups in total. The van der Waals surface area contributed by atoms with Crippen LogP contribution in [0.5, 0.6) is 0 Å². The molecule has 0 spiro atoms. The van der Waals surface area contributed by atoms with Crippen molar-refractivity contribution < 1.29 is 9.32 Å². The molecule has 8 nitrogen and oxygen atoms in total. The van der Waals surface area contributed by atoms with Crippen LogP contribution in [-0.2, 0) is 11.2 Å². The molecular formula is C24H30N6O2. The number of aromatic nitrogens is 4. The van der Waals surface area contributed by atoms with Gasteiger partial charge in [0.1, 0.15) is 5.76 Å². The predicted molar refractivity (Wildman–Crippen MR) is 122 cm³/mol. The largest absolute Gasteiger partial charge is 0.361 e. The zero-order valence-electron chi connectivity index (χ0n) is 19.2. The monoisotopic (exact) mass is 434 g/mol. The average molecular weight is 435 g/mol. The molecule has 1 saturated heterocycles. The Hall–Kier alpha value is -3.29. The third kappa shape index (κ3) is 4.49. The fourth-order valence-corrected chi connectivity index (χ4v) is 4.36. The number of amides is 1. The summed E-state index contributed by atoms with van der Waals surface area (Å²) in [6, 6.07) is 3.85. The highest BCUT2D eigenvalue weighted by molar-refractivity contribution is 5.78. The first-order valence-electron chi connectivity index (χ1n) is 11.1. The predicted octanol–water partition coefficient (Wildman–Crippen LogP) is 3.90. The minimum atomic E-state index is -0.0780. The molecule has 1 aliphatic rings. The summed E-state index contributed by atoms with van der Waals surface area (Å²) in [7, 11) is 3.86. The van der Waals surface area contributed by atoms with Gasteiger partial charge in [-0.05, 0) is 57.2 Å². The Morgan fingerprint density at radius 3 is 2.69 bits per heavy atom. The Kier molecular flexibility index (Phi) is 6.48. The molecule has 3 aromatic rings. The van der Waals surface area contributed by atoms with Crippen molar-refractivity contribution in [1.82, 2.24) is 25.0 Å². The first-order valence-corrected chi connectivity index (χ1v) is 11.1. The molecule has 1 fully saturated rings. The van der Waals surface area contributed by atoms with Crippen molar-refractivity contribution in [3.8, 4) is 11.1 Å². The summed E-state index contributed by atoms with van der Waals surface area (Å²) in [4.78, 5) is 30.9. The van der Waals surface area contributed by atoms with E-state index in [0.717, 1.165) is 59.6 Å². The van der Waals surface area contributed by atoms with Gasteiger partial charge in [-0.1, -0.05) is 5.16 Å². The standard InChI is InChI=1S/C24H30N6O2/c1-16-19(17(2)32-28-16)8-9-22(31)30-14-6-5-7-21(30)23-20(18-10-12-25-13-11-18)15-26-24(27-23)29(3)4/h10-13,15,21H,5-9,14H2,1-4H3. The number of hydrogen-bond acceptors (Lipinski definition) is 7. The van der Waals surface area contributed by atoms with Crippen molar-refractivity contribution >= 4 is 11.9 Å². The highest BCUT2D eigenvalue weighted by Crippen LogP contribution is 2.36. The molecule has 1 aliphatic heterocycles.